The van der Waals surface area contributed by atoms with E-state index >= 15 is 0 Å². The zero-order valence-corrected chi connectivity index (χ0v) is 19.1. The summed E-state index contributed by atoms with van der Waals surface area (Å²) >= 11 is 6.18. The van der Waals surface area contributed by atoms with Crippen molar-refractivity contribution in [3.63, 3.8) is 0 Å². The molecule has 5 rings (SSSR count). The van der Waals surface area contributed by atoms with Crippen LogP contribution in [-0.4, -0.2) is 55.1 Å². The van der Waals surface area contributed by atoms with Crippen LogP contribution in [0.1, 0.15) is 29.5 Å². The van der Waals surface area contributed by atoms with Crippen molar-refractivity contribution in [2.45, 2.75) is 25.0 Å². The van der Waals surface area contributed by atoms with Gasteiger partial charge in [-0.3, -0.25) is 4.79 Å². The van der Waals surface area contributed by atoms with E-state index in [0.717, 1.165) is 11.0 Å². The summed E-state index contributed by atoms with van der Waals surface area (Å²) in [4.78, 5) is 21.8. The zero-order chi connectivity index (χ0) is 23.3. The summed E-state index contributed by atoms with van der Waals surface area (Å²) in [6.07, 6.45) is 3.33. The Balaban J connectivity index is 1.64. The second kappa shape index (κ2) is 7.93. The number of ether oxygens (including phenoxy) is 1. The van der Waals surface area contributed by atoms with E-state index in [0.29, 0.717) is 29.5 Å². The van der Waals surface area contributed by atoms with Crippen LogP contribution in [0, 0.1) is 5.82 Å². The lowest BCUT2D eigenvalue weighted by Crippen LogP contribution is -2.45. The molecule has 2 aromatic carbocycles. The maximum Gasteiger partial charge on any atom is 0.257 e. The highest BCUT2D eigenvalue weighted by molar-refractivity contribution is 6.31. The van der Waals surface area contributed by atoms with E-state index in [2.05, 4.69) is 10.2 Å². The van der Waals surface area contributed by atoms with Gasteiger partial charge in [-0.2, -0.15) is 15.0 Å². The molecule has 0 bridgehead atoms. The van der Waals surface area contributed by atoms with Crippen LogP contribution in [-0.2, 0) is 17.3 Å². The topological polar surface area (TPSA) is 78.1 Å². The van der Waals surface area contributed by atoms with Crippen molar-refractivity contribution in [3.8, 4) is 5.69 Å². The second-order valence-electron chi connectivity index (χ2n) is 8.36. The minimum Gasteiger partial charge on any atom is -0.380 e. The van der Waals surface area contributed by atoms with E-state index in [9.17, 15) is 9.18 Å². The maximum absolute atomic E-state index is 14.3. The van der Waals surface area contributed by atoms with Crippen LogP contribution in [0.25, 0.3) is 16.7 Å². The fourth-order valence-electron chi connectivity index (χ4n) is 4.69. The fraction of sp³-hybridized carbons (Fsp3) is 0.304. The number of imidazole rings is 1. The number of carbonyl (C=O) groups is 1. The number of hydrogen-bond donors (Lipinski definition) is 0. The molecule has 0 saturated carbocycles. The molecule has 0 spiro atoms. The quantitative estimate of drug-likeness (QED) is 0.456. The summed E-state index contributed by atoms with van der Waals surface area (Å²) in [5.41, 5.74) is 1.39. The summed E-state index contributed by atoms with van der Waals surface area (Å²) < 4.78 is 21.9. The molecule has 2 atom stereocenters. The average Bonchev–Trinajstić information content (AvgIpc) is 3.52. The van der Waals surface area contributed by atoms with Gasteiger partial charge in [0.1, 0.15) is 17.2 Å². The number of carbonyl (C=O) groups excluding carboxylic acids is 1. The number of nitrogens with zero attached hydrogens (tertiary/aromatic N) is 6. The largest absolute Gasteiger partial charge is 0.380 e. The van der Waals surface area contributed by atoms with Gasteiger partial charge in [0.15, 0.2) is 0 Å². The number of fused-ring (bicyclic) bond motifs is 1. The SMILES string of the molecule is CO[C@H]1CN(C(=O)c2cc(F)ccc2-n2nccn2)C(C)(c2nc3cc(Cl)ccc3n2C)C1. The molecule has 1 saturated heterocycles. The second-order valence-corrected chi connectivity index (χ2v) is 8.80. The Morgan fingerprint density at radius 1 is 1.21 bits per heavy atom. The van der Waals surface area contributed by atoms with Crippen LogP contribution in [0.2, 0.25) is 5.02 Å². The van der Waals surface area contributed by atoms with Gasteiger partial charge >= 0.3 is 0 Å². The highest BCUT2D eigenvalue weighted by Crippen LogP contribution is 2.41. The number of benzene rings is 2. The lowest BCUT2D eigenvalue weighted by atomic mass is 9.95. The molecule has 1 unspecified atom stereocenters. The first-order valence-corrected chi connectivity index (χ1v) is 10.8. The maximum atomic E-state index is 14.3. The Morgan fingerprint density at radius 3 is 2.70 bits per heavy atom. The lowest BCUT2D eigenvalue weighted by Gasteiger charge is -2.34. The third-order valence-electron chi connectivity index (χ3n) is 6.33. The first-order valence-electron chi connectivity index (χ1n) is 10.5. The molecule has 1 aliphatic rings. The predicted octanol–water partition coefficient (Wildman–Crippen LogP) is 3.72. The van der Waals surface area contributed by atoms with E-state index in [1.54, 1.807) is 18.1 Å². The highest BCUT2D eigenvalue weighted by Gasteiger charge is 2.49. The number of methoxy groups -OCH3 is 1. The standard InChI is InChI=1S/C23H22ClFN6O2/c1-23(22-28-18-10-14(24)4-6-20(18)29(22)2)12-16(33-3)13-30(23)21(32)17-11-15(25)5-7-19(17)31-26-8-9-27-31/h4-11,16H,12-13H2,1-3H3/t16-,23?/m1/s1. The normalized spacial score (nSPS) is 20.6. The van der Waals surface area contributed by atoms with Gasteiger partial charge in [0.2, 0.25) is 0 Å². The fourth-order valence-corrected chi connectivity index (χ4v) is 4.86. The van der Waals surface area contributed by atoms with E-state index in [1.807, 2.05) is 30.7 Å². The Labute approximate surface area is 194 Å². The molecule has 1 amide bonds. The molecule has 8 nitrogen and oxygen atoms in total. The van der Waals surface area contributed by atoms with Crippen LogP contribution in [0.15, 0.2) is 48.8 Å². The number of hydrogen-bond acceptors (Lipinski definition) is 5. The van der Waals surface area contributed by atoms with E-state index in [4.69, 9.17) is 21.3 Å². The summed E-state index contributed by atoms with van der Waals surface area (Å²) in [7, 11) is 3.53. The van der Waals surface area contributed by atoms with Crippen LogP contribution < -0.4 is 0 Å². The number of aryl methyl sites for hydroxylation is 1. The Hall–Kier alpha value is -3.30. The van der Waals surface area contributed by atoms with Gasteiger partial charge in [-0.05, 0) is 43.3 Å². The van der Waals surface area contributed by atoms with Gasteiger partial charge in [0, 0.05) is 32.1 Å². The molecule has 0 radical (unpaired) electrons. The van der Waals surface area contributed by atoms with Gasteiger partial charge in [0.05, 0.1) is 40.8 Å². The van der Waals surface area contributed by atoms with Crippen LogP contribution >= 0.6 is 11.6 Å². The van der Waals surface area contributed by atoms with Crippen molar-refractivity contribution in [1.29, 1.82) is 0 Å². The van der Waals surface area contributed by atoms with Gasteiger partial charge in [-0.25, -0.2) is 9.37 Å². The number of halogens is 2. The van der Waals surface area contributed by atoms with Crippen molar-refractivity contribution >= 4 is 28.5 Å². The predicted molar refractivity (Wildman–Crippen MR) is 121 cm³/mol. The molecule has 2 aromatic heterocycles. The molecular weight excluding hydrogens is 447 g/mol. The molecule has 1 aliphatic heterocycles. The van der Waals surface area contributed by atoms with Crippen molar-refractivity contribution in [2.75, 3.05) is 13.7 Å². The minimum absolute atomic E-state index is 0.163. The van der Waals surface area contributed by atoms with Crippen molar-refractivity contribution in [2.24, 2.45) is 7.05 Å². The summed E-state index contributed by atoms with van der Waals surface area (Å²) in [5, 5.41) is 8.83. The Kier molecular flexibility index (Phi) is 5.18. The molecule has 3 heterocycles. The smallest absolute Gasteiger partial charge is 0.257 e. The number of likely N-dealkylation sites (tertiary alicyclic amines) is 1. The number of aromatic nitrogens is 5. The van der Waals surface area contributed by atoms with E-state index in [1.165, 1.54) is 35.4 Å². The Morgan fingerprint density at radius 2 is 1.97 bits per heavy atom. The highest BCUT2D eigenvalue weighted by atomic mass is 35.5. The molecule has 33 heavy (non-hydrogen) atoms. The first kappa shape index (κ1) is 21.5. The average molecular weight is 469 g/mol. The summed E-state index contributed by atoms with van der Waals surface area (Å²) in [6.45, 7) is 2.29. The van der Waals surface area contributed by atoms with Crippen LogP contribution in [0.4, 0.5) is 4.39 Å². The molecule has 4 aromatic rings. The van der Waals surface area contributed by atoms with Crippen LogP contribution in [0.3, 0.4) is 0 Å². The molecule has 1 fully saturated rings. The molecule has 0 aliphatic carbocycles. The van der Waals surface area contributed by atoms with E-state index in [-0.39, 0.29) is 17.6 Å². The van der Waals surface area contributed by atoms with Crippen molar-refractivity contribution in [3.05, 3.63) is 71.0 Å². The molecule has 0 N–H and O–H groups in total. The van der Waals surface area contributed by atoms with Crippen molar-refractivity contribution in [1.82, 2.24) is 29.4 Å². The Bertz CT molecular complexity index is 1350. The monoisotopic (exact) mass is 468 g/mol. The minimum atomic E-state index is -0.806. The molecule has 170 valence electrons. The summed E-state index contributed by atoms with van der Waals surface area (Å²) in [6, 6.07) is 9.51. The zero-order valence-electron chi connectivity index (χ0n) is 18.4. The first-order chi connectivity index (χ1) is 15.8. The van der Waals surface area contributed by atoms with E-state index < -0.39 is 11.4 Å². The van der Waals surface area contributed by atoms with Gasteiger partial charge in [0.25, 0.3) is 5.91 Å². The molecule has 10 heteroatoms. The third kappa shape index (κ3) is 3.48. The van der Waals surface area contributed by atoms with Crippen LogP contribution in [0.5, 0.6) is 0 Å². The lowest BCUT2D eigenvalue weighted by molar-refractivity contribution is 0.0585. The number of rotatable bonds is 4. The molecular formula is C23H22ClFN6O2. The van der Waals surface area contributed by atoms with Crippen molar-refractivity contribution < 1.29 is 13.9 Å². The number of amides is 1. The summed E-state index contributed by atoms with van der Waals surface area (Å²) in [5.74, 6) is -0.174. The van der Waals surface area contributed by atoms with Gasteiger partial charge < -0.3 is 14.2 Å². The van der Waals surface area contributed by atoms with Gasteiger partial charge in [-0.1, -0.05) is 11.6 Å². The van der Waals surface area contributed by atoms with Gasteiger partial charge in [-0.15, -0.1) is 0 Å². The third-order valence-corrected chi connectivity index (χ3v) is 6.57.